The van der Waals surface area contributed by atoms with Crippen molar-refractivity contribution in [1.82, 2.24) is 14.9 Å². The minimum absolute atomic E-state index is 0.0897. The van der Waals surface area contributed by atoms with Crippen LogP contribution in [0.15, 0.2) is 30.6 Å². The lowest BCUT2D eigenvalue weighted by Gasteiger charge is -2.29. The van der Waals surface area contributed by atoms with Crippen LogP contribution >= 0.6 is 0 Å². The van der Waals surface area contributed by atoms with Crippen LogP contribution in [0.25, 0.3) is 11.0 Å². The first-order valence-electron chi connectivity index (χ1n) is 7.43. The highest BCUT2D eigenvalue weighted by Crippen LogP contribution is 2.23. The molecule has 20 heavy (non-hydrogen) atoms. The van der Waals surface area contributed by atoms with Crippen molar-refractivity contribution in [2.75, 3.05) is 0 Å². The number of imidazole rings is 1. The van der Waals surface area contributed by atoms with Gasteiger partial charge in [0, 0.05) is 6.04 Å². The Hall–Kier alpha value is -1.84. The maximum Gasteiger partial charge on any atom is 0.240 e. The molecule has 1 aliphatic carbocycles. The fourth-order valence-corrected chi connectivity index (χ4v) is 3.07. The minimum Gasteiger partial charge on any atom is -0.352 e. The minimum atomic E-state index is 0.0897. The number of hydrogen-bond donors (Lipinski definition) is 1. The first-order chi connectivity index (χ1) is 9.74. The molecule has 1 heterocycles. The summed E-state index contributed by atoms with van der Waals surface area (Å²) >= 11 is 0. The lowest BCUT2D eigenvalue weighted by Crippen LogP contribution is -2.42. The van der Waals surface area contributed by atoms with E-state index in [0.29, 0.717) is 18.5 Å². The topological polar surface area (TPSA) is 46.9 Å². The van der Waals surface area contributed by atoms with E-state index >= 15 is 0 Å². The Labute approximate surface area is 119 Å². The molecular weight excluding hydrogens is 250 g/mol. The van der Waals surface area contributed by atoms with Gasteiger partial charge in [-0.2, -0.15) is 0 Å². The summed E-state index contributed by atoms with van der Waals surface area (Å²) in [7, 11) is 0. The van der Waals surface area contributed by atoms with Crippen molar-refractivity contribution in [3.8, 4) is 0 Å². The van der Waals surface area contributed by atoms with Crippen molar-refractivity contribution in [2.24, 2.45) is 5.92 Å². The van der Waals surface area contributed by atoms with Crippen molar-refractivity contribution < 1.29 is 4.79 Å². The van der Waals surface area contributed by atoms with Crippen LogP contribution < -0.4 is 5.32 Å². The van der Waals surface area contributed by atoms with E-state index in [1.54, 1.807) is 6.33 Å². The highest BCUT2D eigenvalue weighted by Gasteiger charge is 2.22. The Morgan fingerprint density at radius 2 is 2.15 bits per heavy atom. The molecule has 3 rings (SSSR count). The molecule has 4 nitrogen and oxygen atoms in total. The molecule has 1 fully saturated rings. The van der Waals surface area contributed by atoms with Crippen LogP contribution in [0.3, 0.4) is 0 Å². The van der Waals surface area contributed by atoms with Gasteiger partial charge in [0.15, 0.2) is 0 Å². The number of benzene rings is 1. The van der Waals surface area contributed by atoms with Gasteiger partial charge in [-0.25, -0.2) is 4.98 Å². The van der Waals surface area contributed by atoms with E-state index in [1.165, 1.54) is 19.3 Å². The van der Waals surface area contributed by atoms with Crippen molar-refractivity contribution in [1.29, 1.82) is 0 Å². The van der Waals surface area contributed by atoms with Crippen LogP contribution in [0.5, 0.6) is 0 Å². The second kappa shape index (κ2) is 5.65. The number of para-hydroxylation sites is 2. The summed E-state index contributed by atoms with van der Waals surface area (Å²) in [6.07, 6.45) is 6.59. The van der Waals surface area contributed by atoms with E-state index in [9.17, 15) is 4.79 Å². The maximum atomic E-state index is 12.2. The van der Waals surface area contributed by atoms with E-state index in [2.05, 4.69) is 17.2 Å². The lowest BCUT2D eigenvalue weighted by atomic mass is 9.86. The summed E-state index contributed by atoms with van der Waals surface area (Å²) in [6, 6.07) is 8.24. The third-order valence-electron chi connectivity index (χ3n) is 4.30. The normalized spacial score (nSPS) is 22.9. The Kier molecular flexibility index (Phi) is 3.72. The van der Waals surface area contributed by atoms with Crippen LogP contribution in [0.4, 0.5) is 0 Å². The number of carbonyl (C=O) groups excluding carboxylic acids is 1. The molecule has 1 aromatic carbocycles. The van der Waals surface area contributed by atoms with Gasteiger partial charge in [0.25, 0.3) is 0 Å². The first kappa shape index (κ1) is 13.2. The van der Waals surface area contributed by atoms with Crippen LogP contribution in [0.1, 0.15) is 32.6 Å². The SMILES string of the molecule is C[C@@H]1CCCC[C@H]1NC(=O)Cn1cnc2ccccc21. The van der Waals surface area contributed by atoms with Crippen LogP contribution in [-0.2, 0) is 11.3 Å². The molecule has 0 aliphatic heterocycles. The standard InChI is InChI=1S/C16H21N3O/c1-12-6-2-3-7-13(12)18-16(20)10-19-11-17-14-8-4-5-9-15(14)19/h4-5,8-9,11-13H,2-3,6-7,10H2,1H3,(H,18,20)/t12-,13-/m1/s1. The summed E-state index contributed by atoms with van der Waals surface area (Å²) in [6.45, 7) is 2.58. The summed E-state index contributed by atoms with van der Waals surface area (Å²) in [5.74, 6) is 0.680. The largest absolute Gasteiger partial charge is 0.352 e. The molecule has 1 amide bonds. The summed E-state index contributed by atoms with van der Waals surface area (Å²) in [5, 5.41) is 3.18. The monoisotopic (exact) mass is 271 g/mol. The van der Waals surface area contributed by atoms with Crippen LogP contribution in [0.2, 0.25) is 0 Å². The number of carbonyl (C=O) groups is 1. The highest BCUT2D eigenvalue weighted by molar-refractivity contribution is 5.80. The Morgan fingerprint density at radius 1 is 1.35 bits per heavy atom. The number of aromatic nitrogens is 2. The van der Waals surface area contributed by atoms with E-state index in [0.717, 1.165) is 17.5 Å². The zero-order valence-electron chi connectivity index (χ0n) is 11.9. The van der Waals surface area contributed by atoms with Crippen molar-refractivity contribution in [3.05, 3.63) is 30.6 Å². The van der Waals surface area contributed by atoms with Gasteiger partial charge in [-0.15, -0.1) is 0 Å². The molecule has 0 spiro atoms. The van der Waals surface area contributed by atoms with Crippen molar-refractivity contribution >= 4 is 16.9 Å². The van der Waals surface area contributed by atoms with Gasteiger partial charge in [-0.05, 0) is 30.9 Å². The zero-order chi connectivity index (χ0) is 13.9. The maximum absolute atomic E-state index is 12.2. The molecule has 1 aromatic heterocycles. The van der Waals surface area contributed by atoms with E-state index < -0.39 is 0 Å². The van der Waals surface area contributed by atoms with Gasteiger partial charge in [-0.1, -0.05) is 31.9 Å². The Balaban J connectivity index is 1.66. The smallest absolute Gasteiger partial charge is 0.240 e. The molecular formula is C16H21N3O. The number of fused-ring (bicyclic) bond motifs is 1. The van der Waals surface area contributed by atoms with Gasteiger partial charge in [0.2, 0.25) is 5.91 Å². The number of rotatable bonds is 3. The molecule has 106 valence electrons. The quantitative estimate of drug-likeness (QED) is 0.933. The third kappa shape index (κ3) is 2.69. The fourth-order valence-electron chi connectivity index (χ4n) is 3.07. The lowest BCUT2D eigenvalue weighted by molar-refractivity contribution is -0.122. The molecule has 0 bridgehead atoms. The first-order valence-corrected chi connectivity index (χ1v) is 7.43. The van der Waals surface area contributed by atoms with E-state index in [-0.39, 0.29) is 5.91 Å². The van der Waals surface area contributed by atoms with Crippen LogP contribution in [0, 0.1) is 5.92 Å². The molecule has 4 heteroatoms. The zero-order valence-corrected chi connectivity index (χ0v) is 11.9. The number of amides is 1. The van der Waals surface area contributed by atoms with E-state index in [1.807, 2.05) is 28.8 Å². The molecule has 0 unspecified atom stereocenters. The number of nitrogens with zero attached hydrogens (tertiary/aromatic N) is 2. The second-order valence-electron chi connectivity index (χ2n) is 5.80. The molecule has 0 saturated heterocycles. The predicted molar refractivity (Wildman–Crippen MR) is 79.3 cm³/mol. The fraction of sp³-hybridized carbons (Fsp3) is 0.500. The average Bonchev–Trinajstić information content (AvgIpc) is 2.85. The average molecular weight is 271 g/mol. The molecule has 1 N–H and O–H groups in total. The van der Waals surface area contributed by atoms with Gasteiger partial charge >= 0.3 is 0 Å². The predicted octanol–water partition coefficient (Wildman–Crippen LogP) is 2.73. The molecule has 1 saturated carbocycles. The van der Waals surface area contributed by atoms with Gasteiger partial charge in [0.05, 0.1) is 17.4 Å². The van der Waals surface area contributed by atoms with Crippen molar-refractivity contribution in [3.63, 3.8) is 0 Å². The summed E-state index contributed by atoms with van der Waals surface area (Å²) in [5.41, 5.74) is 1.95. The van der Waals surface area contributed by atoms with Gasteiger partial charge in [-0.3, -0.25) is 4.79 Å². The summed E-state index contributed by atoms with van der Waals surface area (Å²) in [4.78, 5) is 16.5. The molecule has 2 atom stereocenters. The number of nitrogens with one attached hydrogen (secondary N) is 1. The Morgan fingerprint density at radius 3 is 3.00 bits per heavy atom. The molecule has 1 aliphatic rings. The second-order valence-corrected chi connectivity index (χ2v) is 5.80. The van der Waals surface area contributed by atoms with E-state index in [4.69, 9.17) is 0 Å². The van der Waals surface area contributed by atoms with Gasteiger partial charge < -0.3 is 9.88 Å². The van der Waals surface area contributed by atoms with Crippen LogP contribution in [-0.4, -0.2) is 21.5 Å². The van der Waals surface area contributed by atoms with Crippen molar-refractivity contribution in [2.45, 2.75) is 45.2 Å². The highest BCUT2D eigenvalue weighted by atomic mass is 16.2. The van der Waals surface area contributed by atoms with Gasteiger partial charge in [0.1, 0.15) is 6.54 Å². The molecule has 2 aromatic rings. The Bertz CT molecular complexity index is 605. The molecule has 0 radical (unpaired) electrons. The summed E-state index contributed by atoms with van der Waals surface area (Å²) < 4.78 is 1.91. The third-order valence-corrected chi connectivity index (χ3v) is 4.30. The number of hydrogen-bond acceptors (Lipinski definition) is 2.